The van der Waals surface area contributed by atoms with Crippen LogP contribution in [0.5, 0.6) is 0 Å². The molecule has 0 radical (unpaired) electrons. The van der Waals surface area contributed by atoms with Crippen molar-refractivity contribution in [1.29, 1.82) is 0 Å². The van der Waals surface area contributed by atoms with Crippen LogP contribution in [0.25, 0.3) is 28.2 Å². The molecule has 28 heavy (non-hydrogen) atoms. The summed E-state index contributed by atoms with van der Waals surface area (Å²) in [5, 5.41) is 0.365. The summed E-state index contributed by atoms with van der Waals surface area (Å²) < 4.78 is 13.9. The fourth-order valence-electron chi connectivity index (χ4n) is 3.02. The zero-order valence-electron chi connectivity index (χ0n) is 14.6. The number of halogens is 1. The Morgan fingerprint density at radius 2 is 1.89 bits per heavy atom. The number of hydrogen-bond donors (Lipinski definition) is 1. The molecule has 1 N–H and O–H groups in total. The number of carbonyl (C=O) groups excluding carboxylic acids is 1. The number of pyridine rings is 3. The lowest BCUT2D eigenvalue weighted by molar-refractivity contribution is 0.104. The van der Waals surface area contributed by atoms with E-state index < -0.39 is 17.2 Å². The van der Waals surface area contributed by atoms with Crippen LogP contribution in [0, 0.1) is 5.82 Å². The topological polar surface area (TPSA) is 75.7 Å². The highest BCUT2D eigenvalue weighted by Gasteiger charge is 2.20. The molecule has 1 aromatic carbocycles. The number of hydrogen-bond acceptors (Lipinski definition) is 4. The van der Waals surface area contributed by atoms with Crippen molar-refractivity contribution >= 4 is 22.9 Å². The minimum absolute atomic E-state index is 0.0637. The van der Waals surface area contributed by atoms with E-state index in [9.17, 15) is 14.0 Å². The predicted molar refractivity (Wildman–Crippen MR) is 105 cm³/mol. The lowest BCUT2D eigenvalue weighted by atomic mass is 9.95. The Kier molecular flexibility index (Phi) is 4.60. The Hall–Kier alpha value is -3.93. The van der Waals surface area contributed by atoms with E-state index in [1.54, 1.807) is 54.9 Å². The van der Waals surface area contributed by atoms with E-state index in [0.29, 0.717) is 16.5 Å². The number of rotatable bonds is 4. The molecule has 0 spiro atoms. The van der Waals surface area contributed by atoms with Crippen molar-refractivity contribution in [3.8, 4) is 11.1 Å². The van der Waals surface area contributed by atoms with E-state index in [1.807, 2.05) is 6.07 Å². The maximum Gasteiger partial charge on any atom is 0.261 e. The van der Waals surface area contributed by atoms with Gasteiger partial charge in [-0.25, -0.2) is 9.37 Å². The Balaban J connectivity index is 1.95. The Morgan fingerprint density at radius 1 is 1.07 bits per heavy atom. The molecular weight excluding hydrogens is 357 g/mol. The highest BCUT2D eigenvalue weighted by Crippen LogP contribution is 2.29. The fraction of sp³-hybridized carbons (Fsp3) is 0. The van der Waals surface area contributed by atoms with Gasteiger partial charge < -0.3 is 4.98 Å². The third-order valence-electron chi connectivity index (χ3n) is 4.25. The molecule has 5 nitrogen and oxygen atoms in total. The van der Waals surface area contributed by atoms with Gasteiger partial charge in [0.15, 0.2) is 5.78 Å². The SMILES string of the molecule is O=C(/C=C/c1cccnc1)c1c(-c2ccccc2)c2cc(F)cnc2[nH]c1=O. The van der Waals surface area contributed by atoms with E-state index >= 15 is 0 Å². The van der Waals surface area contributed by atoms with Crippen molar-refractivity contribution < 1.29 is 9.18 Å². The quantitative estimate of drug-likeness (QED) is 0.434. The van der Waals surface area contributed by atoms with E-state index in [4.69, 9.17) is 0 Å². The van der Waals surface area contributed by atoms with Crippen molar-refractivity contribution in [3.05, 3.63) is 100 Å². The van der Waals surface area contributed by atoms with E-state index in [0.717, 1.165) is 11.8 Å². The van der Waals surface area contributed by atoms with Crippen LogP contribution in [0.2, 0.25) is 0 Å². The molecular formula is C22H14FN3O2. The second kappa shape index (κ2) is 7.36. The molecule has 4 aromatic rings. The predicted octanol–water partition coefficient (Wildman–Crippen LogP) is 4.02. The summed E-state index contributed by atoms with van der Waals surface area (Å²) in [6.07, 6.45) is 7.15. The maximum absolute atomic E-state index is 13.9. The van der Waals surface area contributed by atoms with Crippen molar-refractivity contribution in [1.82, 2.24) is 15.0 Å². The summed E-state index contributed by atoms with van der Waals surface area (Å²) >= 11 is 0. The number of nitrogens with one attached hydrogen (secondary N) is 1. The Bertz CT molecular complexity index is 1250. The maximum atomic E-state index is 13.9. The van der Waals surface area contributed by atoms with E-state index in [-0.39, 0.29) is 11.2 Å². The van der Waals surface area contributed by atoms with Gasteiger partial charge in [0.1, 0.15) is 11.5 Å². The summed E-state index contributed by atoms with van der Waals surface area (Å²) in [5.41, 5.74) is 1.29. The van der Waals surface area contributed by atoms with Crippen molar-refractivity contribution in [3.63, 3.8) is 0 Å². The number of aromatic amines is 1. The monoisotopic (exact) mass is 371 g/mol. The number of ketones is 1. The smallest absolute Gasteiger partial charge is 0.261 e. The van der Waals surface area contributed by atoms with Gasteiger partial charge in [-0.05, 0) is 35.4 Å². The average molecular weight is 371 g/mol. The summed E-state index contributed by atoms with van der Waals surface area (Å²) in [5.74, 6) is -1.05. The van der Waals surface area contributed by atoms with Gasteiger partial charge in [0, 0.05) is 23.3 Å². The van der Waals surface area contributed by atoms with Crippen LogP contribution in [-0.4, -0.2) is 20.7 Å². The van der Waals surface area contributed by atoms with Crippen LogP contribution in [-0.2, 0) is 0 Å². The van der Waals surface area contributed by atoms with Crippen molar-refractivity contribution in [2.75, 3.05) is 0 Å². The molecule has 0 amide bonds. The fourth-order valence-corrected chi connectivity index (χ4v) is 3.02. The van der Waals surface area contributed by atoms with Crippen LogP contribution in [0.4, 0.5) is 4.39 Å². The lowest BCUT2D eigenvalue weighted by Gasteiger charge is -2.11. The van der Waals surface area contributed by atoms with E-state index in [2.05, 4.69) is 15.0 Å². The molecule has 3 heterocycles. The minimum Gasteiger partial charge on any atom is -0.306 e. The molecule has 0 unspecified atom stereocenters. The van der Waals surface area contributed by atoms with Gasteiger partial charge >= 0.3 is 0 Å². The normalized spacial score (nSPS) is 11.2. The van der Waals surface area contributed by atoms with Crippen LogP contribution < -0.4 is 5.56 Å². The standard InChI is InChI=1S/C22H14FN3O2/c23-16-11-17-19(15-6-2-1-3-7-15)20(22(28)26-21(17)25-13-16)18(27)9-8-14-5-4-10-24-12-14/h1-13H,(H,25,26,28)/b9-8+. The Labute approximate surface area is 159 Å². The van der Waals surface area contributed by atoms with E-state index in [1.165, 1.54) is 12.1 Å². The number of nitrogens with zero attached hydrogens (tertiary/aromatic N) is 2. The zero-order chi connectivity index (χ0) is 19.5. The van der Waals surface area contributed by atoms with Gasteiger partial charge in [0.2, 0.25) is 0 Å². The number of allylic oxidation sites excluding steroid dienone is 1. The molecule has 4 rings (SSSR count). The molecule has 0 atom stereocenters. The van der Waals surface area contributed by atoms with Crippen LogP contribution in [0.1, 0.15) is 15.9 Å². The summed E-state index contributed by atoms with van der Waals surface area (Å²) in [6.45, 7) is 0. The van der Waals surface area contributed by atoms with Gasteiger partial charge in [-0.15, -0.1) is 0 Å². The summed E-state index contributed by atoms with van der Waals surface area (Å²) in [7, 11) is 0. The molecule has 0 aliphatic carbocycles. The molecule has 0 fully saturated rings. The Morgan fingerprint density at radius 3 is 2.64 bits per heavy atom. The molecule has 3 aromatic heterocycles. The third kappa shape index (κ3) is 3.35. The number of aromatic nitrogens is 3. The van der Waals surface area contributed by atoms with Gasteiger partial charge in [0.25, 0.3) is 5.56 Å². The third-order valence-corrected chi connectivity index (χ3v) is 4.25. The van der Waals surface area contributed by atoms with Crippen LogP contribution in [0.3, 0.4) is 0 Å². The van der Waals surface area contributed by atoms with Gasteiger partial charge in [-0.2, -0.15) is 0 Å². The number of carbonyl (C=O) groups is 1. The molecule has 6 heteroatoms. The second-order valence-corrected chi connectivity index (χ2v) is 6.10. The molecule has 0 bridgehead atoms. The molecule has 0 saturated heterocycles. The highest BCUT2D eigenvalue weighted by molar-refractivity contribution is 6.14. The zero-order valence-corrected chi connectivity index (χ0v) is 14.6. The highest BCUT2D eigenvalue weighted by atomic mass is 19.1. The number of H-pyrrole nitrogens is 1. The summed E-state index contributed by atoms with van der Waals surface area (Å²) in [4.78, 5) is 36.1. The molecule has 0 saturated carbocycles. The summed E-state index contributed by atoms with van der Waals surface area (Å²) in [6, 6.07) is 13.7. The largest absolute Gasteiger partial charge is 0.306 e. The first kappa shape index (κ1) is 17.5. The van der Waals surface area contributed by atoms with Gasteiger partial charge in [-0.1, -0.05) is 36.4 Å². The van der Waals surface area contributed by atoms with Crippen LogP contribution >= 0.6 is 0 Å². The molecule has 136 valence electrons. The molecule has 0 aliphatic rings. The first-order chi connectivity index (χ1) is 13.6. The van der Waals surface area contributed by atoms with Gasteiger partial charge in [0.05, 0.1) is 11.8 Å². The lowest BCUT2D eigenvalue weighted by Crippen LogP contribution is -2.19. The first-order valence-electron chi connectivity index (χ1n) is 8.53. The minimum atomic E-state index is -0.578. The molecule has 0 aliphatic heterocycles. The number of benzene rings is 1. The van der Waals surface area contributed by atoms with Crippen molar-refractivity contribution in [2.24, 2.45) is 0 Å². The average Bonchev–Trinajstić information content (AvgIpc) is 2.73. The van der Waals surface area contributed by atoms with Gasteiger partial charge in [-0.3, -0.25) is 14.6 Å². The first-order valence-corrected chi connectivity index (χ1v) is 8.53. The van der Waals surface area contributed by atoms with Crippen LogP contribution in [0.15, 0.2) is 78.0 Å². The van der Waals surface area contributed by atoms with Crippen molar-refractivity contribution in [2.45, 2.75) is 0 Å². The second-order valence-electron chi connectivity index (χ2n) is 6.10. The number of fused-ring (bicyclic) bond motifs is 1.